The van der Waals surface area contributed by atoms with Crippen molar-refractivity contribution in [1.29, 1.82) is 0 Å². The third kappa shape index (κ3) is 1.03. The summed E-state index contributed by atoms with van der Waals surface area (Å²) in [6.07, 6.45) is 6.72. The molecule has 1 heteroatoms. The first-order chi connectivity index (χ1) is 6.98. The highest BCUT2D eigenvalue weighted by Crippen LogP contribution is 2.69. The molecule has 0 radical (unpaired) electrons. The summed E-state index contributed by atoms with van der Waals surface area (Å²) in [6.45, 7) is 7.08. The fraction of sp³-hybridized carbons (Fsp3) is 1.00. The molecule has 3 aliphatic rings. The zero-order chi connectivity index (χ0) is 10.8. The van der Waals surface area contributed by atoms with Gasteiger partial charge in [-0.2, -0.15) is 0 Å². The van der Waals surface area contributed by atoms with Gasteiger partial charge >= 0.3 is 0 Å². The molecule has 15 heavy (non-hydrogen) atoms. The monoisotopic (exact) mass is 208 g/mol. The van der Waals surface area contributed by atoms with E-state index >= 15 is 0 Å². The molecule has 0 saturated heterocycles. The highest BCUT2D eigenvalue weighted by molar-refractivity contribution is 5.12. The fourth-order valence-electron chi connectivity index (χ4n) is 5.44. The molecule has 0 aromatic heterocycles. The summed E-state index contributed by atoms with van der Waals surface area (Å²) < 4.78 is 0. The second-order valence-electron chi connectivity index (χ2n) is 7.03. The van der Waals surface area contributed by atoms with E-state index in [0.717, 1.165) is 11.8 Å². The summed E-state index contributed by atoms with van der Waals surface area (Å²) in [5.74, 6) is 2.30. The maximum Gasteiger partial charge on any atom is 0.0622 e. The summed E-state index contributed by atoms with van der Waals surface area (Å²) in [5.41, 5.74) is 0.789. The Morgan fingerprint density at radius 3 is 2.60 bits per heavy atom. The van der Waals surface area contributed by atoms with Gasteiger partial charge in [-0.15, -0.1) is 0 Å². The van der Waals surface area contributed by atoms with Crippen LogP contribution in [0.4, 0.5) is 0 Å². The molecule has 3 saturated carbocycles. The lowest BCUT2D eigenvalue weighted by atomic mass is 9.55. The topological polar surface area (TPSA) is 20.2 Å². The van der Waals surface area contributed by atoms with Crippen molar-refractivity contribution in [3.05, 3.63) is 0 Å². The summed E-state index contributed by atoms with van der Waals surface area (Å²) >= 11 is 0. The molecule has 3 aliphatic carbocycles. The summed E-state index contributed by atoms with van der Waals surface area (Å²) in [5, 5.41) is 10.5. The van der Waals surface area contributed by atoms with Crippen LogP contribution < -0.4 is 0 Å². The Kier molecular flexibility index (Phi) is 1.89. The van der Waals surface area contributed by atoms with Crippen LogP contribution in [0.1, 0.15) is 52.9 Å². The number of rotatable bonds is 0. The van der Waals surface area contributed by atoms with Crippen molar-refractivity contribution in [2.75, 3.05) is 0 Å². The lowest BCUT2D eigenvalue weighted by molar-refractivity contribution is -0.101. The third-order valence-electron chi connectivity index (χ3n) is 6.29. The van der Waals surface area contributed by atoms with E-state index in [-0.39, 0.29) is 11.5 Å². The minimum atomic E-state index is -0.0385. The van der Waals surface area contributed by atoms with E-state index in [0.29, 0.717) is 11.3 Å². The van der Waals surface area contributed by atoms with Gasteiger partial charge in [-0.05, 0) is 60.7 Å². The molecule has 1 N–H and O–H groups in total. The standard InChI is InChI=1S/C14H24O/c1-9-4-5-11-13(2,3)12(15)10-6-7-14(9,11)8-10/h9-12,15H,4-8H2,1-3H3. The second-order valence-corrected chi connectivity index (χ2v) is 7.03. The van der Waals surface area contributed by atoms with Gasteiger partial charge in [-0.25, -0.2) is 0 Å². The second kappa shape index (κ2) is 2.80. The third-order valence-corrected chi connectivity index (χ3v) is 6.29. The van der Waals surface area contributed by atoms with Crippen molar-refractivity contribution in [2.24, 2.45) is 28.6 Å². The Morgan fingerprint density at radius 2 is 1.87 bits per heavy atom. The molecule has 2 bridgehead atoms. The van der Waals surface area contributed by atoms with Crippen LogP contribution in [0.3, 0.4) is 0 Å². The van der Waals surface area contributed by atoms with Crippen LogP contribution in [0.5, 0.6) is 0 Å². The SMILES string of the molecule is CC1CCC2C(C)(C)C(O)C3CCC12C3. The van der Waals surface area contributed by atoms with E-state index in [1.807, 2.05) is 0 Å². The Balaban J connectivity index is 2.05. The quantitative estimate of drug-likeness (QED) is 0.648. The van der Waals surface area contributed by atoms with Gasteiger partial charge in [0.05, 0.1) is 6.10 Å². The van der Waals surface area contributed by atoms with Gasteiger partial charge < -0.3 is 5.11 Å². The van der Waals surface area contributed by atoms with Gasteiger partial charge in [-0.1, -0.05) is 20.8 Å². The average molecular weight is 208 g/mol. The highest BCUT2D eigenvalue weighted by atomic mass is 16.3. The summed E-state index contributed by atoms with van der Waals surface area (Å²) in [6, 6.07) is 0. The van der Waals surface area contributed by atoms with E-state index in [2.05, 4.69) is 20.8 Å². The van der Waals surface area contributed by atoms with E-state index in [9.17, 15) is 5.11 Å². The molecule has 0 amide bonds. The molecule has 1 spiro atoms. The number of fused-ring (bicyclic) bond motifs is 1. The van der Waals surface area contributed by atoms with Gasteiger partial charge in [-0.3, -0.25) is 0 Å². The Bertz CT molecular complexity index is 283. The predicted molar refractivity (Wildman–Crippen MR) is 61.4 cm³/mol. The van der Waals surface area contributed by atoms with Crippen molar-refractivity contribution in [2.45, 2.75) is 59.0 Å². The van der Waals surface area contributed by atoms with Crippen molar-refractivity contribution < 1.29 is 5.11 Å². The van der Waals surface area contributed by atoms with Crippen LogP contribution in [-0.2, 0) is 0 Å². The van der Waals surface area contributed by atoms with Crippen LogP contribution in [0.2, 0.25) is 0 Å². The summed E-state index contributed by atoms with van der Waals surface area (Å²) in [7, 11) is 0. The van der Waals surface area contributed by atoms with Gasteiger partial charge in [0.2, 0.25) is 0 Å². The van der Waals surface area contributed by atoms with Crippen molar-refractivity contribution >= 4 is 0 Å². The molecule has 3 rings (SSSR count). The highest BCUT2D eigenvalue weighted by Gasteiger charge is 2.63. The van der Waals surface area contributed by atoms with Gasteiger partial charge in [0.25, 0.3) is 0 Å². The molecule has 0 aromatic rings. The van der Waals surface area contributed by atoms with Gasteiger partial charge in [0, 0.05) is 0 Å². The molecular weight excluding hydrogens is 184 g/mol. The van der Waals surface area contributed by atoms with Crippen LogP contribution in [0, 0.1) is 28.6 Å². The van der Waals surface area contributed by atoms with E-state index in [1.54, 1.807) is 0 Å². The molecular formula is C14H24O. The van der Waals surface area contributed by atoms with Gasteiger partial charge in [0.15, 0.2) is 0 Å². The zero-order valence-electron chi connectivity index (χ0n) is 10.3. The normalized spacial score (nSPS) is 56.8. The van der Waals surface area contributed by atoms with E-state index < -0.39 is 0 Å². The van der Waals surface area contributed by atoms with Crippen molar-refractivity contribution in [3.63, 3.8) is 0 Å². The Labute approximate surface area is 93.3 Å². The van der Waals surface area contributed by atoms with Crippen LogP contribution in [0.25, 0.3) is 0 Å². The predicted octanol–water partition coefficient (Wildman–Crippen LogP) is 3.22. The average Bonchev–Trinajstić information content (AvgIpc) is 2.71. The molecule has 0 heterocycles. The fourth-order valence-corrected chi connectivity index (χ4v) is 5.44. The van der Waals surface area contributed by atoms with Crippen LogP contribution in [-0.4, -0.2) is 11.2 Å². The molecule has 86 valence electrons. The molecule has 0 aromatic carbocycles. The first-order valence-electron chi connectivity index (χ1n) is 6.66. The zero-order valence-corrected chi connectivity index (χ0v) is 10.3. The minimum absolute atomic E-state index is 0.0385. The molecule has 5 atom stereocenters. The first kappa shape index (κ1) is 10.1. The Hall–Kier alpha value is -0.0400. The smallest absolute Gasteiger partial charge is 0.0622 e. The number of aliphatic hydroxyl groups excluding tert-OH is 1. The molecule has 3 fully saturated rings. The largest absolute Gasteiger partial charge is 0.392 e. The lowest BCUT2D eigenvalue weighted by Gasteiger charge is -2.51. The van der Waals surface area contributed by atoms with Crippen LogP contribution in [0.15, 0.2) is 0 Å². The summed E-state index contributed by atoms with van der Waals surface area (Å²) in [4.78, 5) is 0. The van der Waals surface area contributed by atoms with E-state index in [4.69, 9.17) is 0 Å². The number of hydrogen-bond acceptors (Lipinski definition) is 1. The van der Waals surface area contributed by atoms with Crippen LogP contribution >= 0.6 is 0 Å². The molecule has 1 nitrogen and oxygen atoms in total. The van der Waals surface area contributed by atoms with E-state index in [1.165, 1.54) is 32.1 Å². The maximum absolute atomic E-state index is 10.5. The Morgan fingerprint density at radius 1 is 1.13 bits per heavy atom. The first-order valence-corrected chi connectivity index (χ1v) is 6.66. The molecule has 5 unspecified atom stereocenters. The number of aliphatic hydroxyl groups is 1. The van der Waals surface area contributed by atoms with Crippen molar-refractivity contribution in [1.82, 2.24) is 0 Å². The number of hydrogen-bond donors (Lipinski definition) is 1. The van der Waals surface area contributed by atoms with Gasteiger partial charge in [0.1, 0.15) is 0 Å². The minimum Gasteiger partial charge on any atom is -0.392 e. The lowest BCUT2D eigenvalue weighted by Crippen LogP contribution is -2.50. The molecule has 0 aliphatic heterocycles. The van der Waals surface area contributed by atoms with Crippen molar-refractivity contribution in [3.8, 4) is 0 Å². The maximum atomic E-state index is 10.5.